The van der Waals surface area contributed by atoms with E-state index in [1.165, 1.54) is 0 Å². The zero-order chi connectivity index (χ0) is 11.5. The summed E-state index contributed by atoms with van der Waals surface area (Å²) in [5.41, 5.74) is 0.730. The number of aryl methyl sites for hydroxylation is 1. The maximum atomic E-state index is 11.6. The summed E-state index contributed by atoms with van der Waals surface area (Å²) in [5.74, 6) is 0.533. The molecule has 1 aromatic heterocycles. The van der Waals surface area contributed by atoms with E-state index in [0.717, 1.165) is 5.69 Å². The minimum atomic E-state index is -0.199. The lowest BCUT2D eigenvalue weighted by molar-refractivity contribution is -0.117. The summed E-state index contributed by atoms with van der Waals surface area (Å²) in [5, 5.41) is 12.5. The number of anilines is 1. The van der Waals surface area contributed by atoms with Gasteiger partial charge in [0.2, 0.25) is 5.91 Å². The smallest absolute Gasteiger partial charge is 0.227 e. The molecule has 5 nitrogen and oxygen atoms in total. The summed E-state index contributed by atoms with van der Waals surface area (Å²) >= 11 is 0. The SMILES string of the molecule is CNC(C)(C)CC(=O)Nc1cc(C)[nH]n1. The van der Waals surface area contributed by atoms with E-state index in [9.17, 15) is 4.79 Å². The van der Waals surface area contributed by atoms with Gasteiger partial charge in [0.15, 0.2) is 5.82 Å². The molecule has 0 atom stereocenters. The number of H-pyrrole nitrogens is 1. The minimum Gasteiger partial charge on any atom is -0.314 e. The van der Waals surface area contributed by atoms with E-state index < -0.39 is 0 Å². The summed E-state index contributed by atoms with van der Waals surface area (Å²) in [6.45, 7) is 5.84. The van der Waals surface area contributed by atoms with Crippen molar-refractivity contribution < 1.29 is 4.79 Å². The zero-order valence-electron chi connectivity index (χ0n) is 9.64. The molecule has 0 saturated heterocycles. The second-order valence-corrected chi connectivity index (χ2v) is 4.30. The van der Waals surface area contributed by atoms with Crippen molar-refractivity contribution in [3.63, 3.8) is 0 Å². The van der Waals surface area contributed by atoms with E-state index in [2.05, 4.69) is 20.8 Å². The number of carbonyl (C=O) groups is 1. The van der Waals surface area contributed by atoms with Crippen molar-refractivity contribution in [3.05, 3.63) is 11.8 Å². The van der Waals surface area contributed by atoms with E-state index in [1.54, 1.807) is 6.07 Å². The molecule has 0 saturated carbocycles. The molecular weight excluding hydrogens is 192 g/mol. The van der Waals surface area contributed by atoms with Crippen LogP contribution in [0.3, 0.4) is 0 Å². The van der Waals surface area contributed by atoms with E-state index in [4.69, 9.17) is 0 Å². The molecule has 84 valence electrons. The van der Waals surface area contributed by atoms with Crippen molar-refractivity contribution >= 4 is 11.7 Å². The summed E-state index contributed by atoms with van der Waals surface area (Å²) in [6.07, 6.45) is 0.412. The highest BCUT2D eigenvalue weighted by atomic mass is 16.1. The van der Waals surface area contributed by atoms with Gasteiger partial charge in [-0.05, 0) is 27.8 Å². The average molecular weight is 210 g/mol. The Balaban J connectivity index is 2.50. The van der Waals surface area contributed by atoms with Gasteiger partial charge in [0.1, 0.15) is 0 Å². The summed E-state index contributed by atoms with van der Waals surface area (Å²) < 4.78 is 0. The molecule has 1 aromatic rings. The Kier molecular flexibility index (Phi) is 3.47. The molecule has 3 N–H and O–H groups in total. The number of hydrogen-bond donors (Lipinski definition) is 3. The van der Waals surface area contributed by atoms with E-state index in [-0.39, 0.29) is 11.4 Å². The van der Waals surface area contributed by atoms with Crippen LogP contribution in [0.25, 0.3) is 0 Å². The number of rotatable bonds is 4. The van der Waals surface area contributed by atoms with Crippen molar-refractivity contribution in [1.82, 2.24) is 15.5 Å². The summed E-state index contributed by atoms with van der Waals surface area (Å²) in [4.78, 5) is 11.6. The number of amides is 1. The van der Waals surface area contributed by atoms with Crippen LogP contribution in [-0.4, -0.2) is 28.7 Å². The van der Waals surface area contributed by atoms with Crippen LogP contribution in [0.5, 0.6) is 0 Å². The first-order valence-electron chi connectivity index (χ1n) is 4.94. The van der Waals surface area contributed by atoms with Gasteiger partial charge in [0.05, 0.1) is 0 Å². The number of aromatic amines is 1. The fourth-order valence-electron chi connectivity index (χ4n) is 1.16. The Labute approximate surface area is 89.6 Å². The number of nitrogens with one attached hydrogen (secondary N) is 3. The van der Waals surface area contributed by atoms with Crippen LogP contribution < -0.4 is 10.6 Å². The van der Waals surface area contributed by atoms with Crippen LogP contribution in [0.4, 0.5) is 5.82 Å². The highest BCUT2D eigenvalue weighted by molar-refractivity contribution is 5.90. The molecule has 0 unspecified atom stereocenters. The maximum absolute atomic E-state index is 11.6. The van der Waals surface area contributed by atoms with Crippen molar-refractivity contribution in [2.75, 3.05) is 12.4 Å². The van der Waals surface area contributed by atoms with Crippen LogP contribution in [0, 0.1) is 6.92 Å². The second kappa shape index (κ2) is 4.44. The molecule has 5 heteroatoms. The van der Waals surface area contributed by atoms with Gasteiger partial charge in [-0.3, -0.25) is 9.89 Å². The van der Waals surface area contributed by atoms with Gasteiger partial charge in [-0.25, -0.2) is 0 Å². The molecule has 0 spiro atoms. The lowest BCUT2D eigenvalue weighted by Gasteiger charge is -2.22. The highest BCUT2D eigenvalue weighted by Crippen LogP contribution is 2.10. The third-order valence-corrected chi connectivity index (χ3v) is 2.25. The van der Waals surface area contributed by atoms with Crippen molar-refractivity contribution in [2.24, 2.45) is 0 Å². The normalized spacial score (nSPS) is 11.5. The molecule has 0 fully saturated rings. The van der Waals surface area contributed by atoms with Gasteiger partial charge in [-0.15, -0.1) is 0 Å². The minimum absolute atomic E-state index is 0.0409. The molecule has 1 amide bonds. The Morgan fingerprint density at radius 2 is 2.27 bits per heavy atom. The first-order chi connectivity index (χ1) is 6.93. The Morgan fingerprint density at radius 1 is 1.60 bits per heavy atom. The molecule has 0 bridgehead atoms. The van der Waals surface area contributed by atoms with Crippen molar-refractivity contribution in [3.8, 4) is 0 Å². The molecule has 0 aliphatic carbocycles. The number of hydrogen-bond acceptors (Lipinski definition) is 3. The molecular formula is C10H18N4O. The van der Waals surface area contributed by atoms with Crippen LogP contribution >= 0.6 is 0 Å². The number of carbonyl (C=O) groups excluding carboxylic acids is 1. The average Bonchev–Trinajstić information content (AvgIpc) is 2.50. The lowest BCUT2D eigenvalue weighted by Crippen LogP contribution is -2.39. The molecule has 0 aromatic carbocycles. The molecule has 0 radical (unpaired) electrons. The first kappa shape index (κ1) is 11.7. The highest BCUT2D eigenvalue weighted by Gasteiger charge is 2.19. The fraction of sp³-hybridized carbons (Fsp3) is 0.600. The van der Waals surface area contributed by atoms with Crippen LogP contribution in [0.15, 0.2) is 6.07 Å². The Morgan fingerprint density at radius 3 is 2.73 bits per heavy atom. The van der Waals surface area contributed by atoms with Crippen molar-refractivity contribution in [1.29, 1.82) is 0 Å². The lowest BCUT2D eigenvalue weighted by atomic mass is 10.0. The standard InChI is InChI=1S/C10H18N4O/c1-7-5-8(14-13-7)12-9(15)6-10(2,3)11-4/h5,11H,6H2,1-4H3,(H2,12,13,14,15). The molecule has 1 rings (SSSR count). The third kappa shape index (κ3) is 3.71. The molecule has 15 heavy (non-hydrogen) atoms. The topological polar surface area (TPSA) is 69.8 Å². The molecule has 0 aliphatic heterocycles. The predicted octanol–water partition coefficient (Wildman–Crippen LogP) is 1.04. The molecule has 1 heterocycles. The predicted molar refractivity (Wildman–Crippen MR) is 59.7 cm³/mol. The van der Waals surface area contributed by atoms with E-state index >= 15 is 0 Å². The van der Waals surface area contributed by atoms with E-state index in [1.807, 2.05) is 27.8 Å². The monoisotopic (exact) mass is 210 g/mol. The number of aromatic nitrogens is 2. The maximum Gasteiger partial charge on any atom is 0.227 e. The third-order valence-electron chi connectivity index (χ3n) is 2.25. The quantitative estimate of drug-likeness (QED) is 0.695. The van der Waals surface area contributed by atoms with Crippen LogP contribution in [0.2, 0.25) is 0 Å². The summed E-state index contributed by atoms with van der Waals surface area (Å²) in [7, 11) is 1.84. The van der Waals surface area contributed by atoms with Gasteiger partial charge in [0.25, 0.3) is 0 Å². The Bertz CT molecular complexity index is 343. The number of nitrogens with zero attached hydrogens (tertiary/aromatic N) is 1. The van der Waals surface area contributed by atoms with Gasteiger partial charge >= 0.3 is 0 Å². The van der Waals surface area contributed by atoms with Crippen LogP contribution in [-0.2, 0) is 4.79 Å². The molecule has 0 aliphatic rings. The Hall–Kier alpha value is -1.36. The second-order valence-electron chi connectivity index (χ2n) is 4.30. The van der Waals surface area contributed by atoms with Gasteiger partial charge in [-0.1, -0.05) is 0 Å². The van der Waals surface area contributed by atoms with Gasteiger partial charge in [-0.2, -0.15) is 5.10 Å². The van der Waals surface area contributed by atoms with Gasteiger partial charge < -0.3 is 10.6 Å². The summed E-state index contributed by atoms with van der Waals surface area (Å²) in [6, 6.07) is 1.80. The largest absolute Gasteiger partial charge is 0.314 e. The fourth-order valence-corrected chi connectivity index (χ4v) is 1.16. The first-order valence-corrected chi connectivity index (χ1v) is 4.94. The van der Waals surface area contributed by atoms with E-state index in [0.29, 0.717) is 12.2 Å². The van der Waals surface area contributed by atoms with Crippen LogP contribution in [0.1, 0.15) is 26.0 Å². The van der Waals surface area contributed by atoms with Gasteiger partial charge in [0, 0.05) is 23.7 Å². The zero-order valence-corrected chi connectivity index (χ0v) is 9.64. The van der Waals surface area contributed by atoms with Crippen molar-refractivity contribution in [2.45, 2.75) is 32.7 Å².